The van der Waals surface area contributed by atoms with E-state index in [2.05, 4.69) is 45.2 Å². The van der Waals surface area contributed by atoms with Gasteiger partial charge in [-0.1, -0.05) is 23.7 Å². The largest absolute Gasteiger partial charge is 0.455 e. The maximum absolute atomic E-state index is 12.3. The van der Waals surface area contributed by atoms with Gasteiger partial charge in [0, 0.05) is 15.2 Å². The topological polar surface area (TPSA) is 30.2 Å². The third kappa shape index (κ3) is 2.60. The molecule has 1 aromatic heterocycles. The summed E-state index contributed by atoms with van der Waals surface area (Å²) in [5.74, 6) is 0.493. The second-order valence-electron chi connectivity index (χ2n) is 4.22. The molecule has 0 N–H and O–H groups in total. The summed E-state index contributed by atoms with van der Waals surface area (Å²) in [6.45, 7) is 0. The molecule has 0 radical (unpaired) electrons. The van der Waals surface area contributed by atoms with Gasteiger partial charge in [0.05, 0.1) is 14.0 Å². The molecule has 0 amide bonds. The highest BCUT2D eigenvalue weighted by atomic mass is 127. The molecular formula is C15H7ClI2O2. The summed E-state index contributed by atoms with van der Waals surface area (Å²) in [6, 6.07) is 12.6. The molecule has 2 aromatic carbocycles. The number of benzene rings is 2. The van der Waals surface area contributed by atoms with Gasteiger partial charge >= 0.3 is 0 Å². The van der Waals surface area contributed by atoms with E-state index in [1.807, 2.05) is 30.3 Å². The molecule has 0 aliphatic rings. The van der Waals surface area contributed by atoms with Gasteiger partial charge < -0.3 is 4.42 Å². The first kappa shape index (κ1) is 14.3. The third-order valence-corrected chi connectivity index (χ3v) is 4.64. The lowest BCUT2D eigenvalue weighted by molar-refractivity contribution is 0.616. The van der Waals surface area contributed by atoms with Crippen molar-refractivity contribution in [2.75, 3.05) is 0 Å². The van der Waals surface area contributed by atoms with Crippen LogP contribution in [0.4, 0.5) is 0 Å². The van der Waals surface area contributed by atoms with Crippen LogP contribution in [0.1, 0.15) is 0 Å². The van der Waals surface area contributed by atoms with Crippen LogP contribution >= 0.6 is 56.8 Å². The molecule has 20 heavy (non-hydrogen) atoms. The van der Waals surface area contributed by atoms with Crippen LogP contribution in [0.3, 0.4) is 0 Å². The number of fused-ring (bicyclic) bond motifs is 1. The van der Waals surface area contributed by atoms with Gasteiger partial charge in [0.1, 0.15) is 5.76 Å². The van der Waals surface area contributed by atoms with Gasteiger partial charge in [0.2, 0.25) is 0 Å². The predicted octanol–water partition coefficient (Wildman–Crippen LogP) is 5.32. The van der Waals surface area contributed by atoms with E-state index in [0.29, 0.717) is 21.8 Å². The second-order valence-corrected chi connectivity index (χ2v) is 7.03. The molecule has 1 heterocycles. The van der Waals surface area contributed by atoms with Crippen molar-refractivity contribution in [2.45, 2.75) is 0 Å². The van der Waals surface area contributed by atoms with Crippen LogP contribution in [0.25, 0.3) is 22.3 Å². The molecular weight excluding hydrogens is 501 g/mol. The van der Waals surface area contributed by atoms with Crippen molar-refractivity contribution in [3.63, 3.8) is 0 Å². The SMILES string of the molecule is O=c1cc(-c2ccccc2Cl)oc2c(I)cc(I)cc12. The Bertz CT molecular complexity index is 871. The quantitative estimate of drug-likeness (QED) is 0.417. The van der Waals surface area contributed by atoms with Crippen molar-refractivity contribution >= 4 is 67.8 Å². The Balaban J connectivity index is 2.36. The predicted molar refractivity (Wildman–Crippen MR) is 98.4 cm³/mol. The van der Waals surface area contributed by atoms with Crippen LogP contribution in [0, 0.1) is 7.14 Å². The summed E-state index contributed by atoms with van der Waals surface area (Å²) in [7, 11) is 0. The summed E-state index contributed by atoms with van der Waals surface area (Å²) >= 11 is 10.5. The van der Waals surface area contributed by atoms with Crippen molar-refractivity contribution in [3.05, 3.63) is 64.9 Å². The Hall–Kier alpha value is -0.600. The average Bonchev–Trinajstić information content (AvgIpc) is 2.40. The van der Waals surface area contributed by atoms with E-state index in [4.69, 9.17) is 16.0 Å². The first-order chi connectivity index (χ1) is 9.56. The molecule has 100 valence electrons. The zero-order valence-corrected chi connectivity index (χ0v) is 15.1. The molecule has 3 rings (SSSR count). The Morgan fingerprint density at radius 1 is 1.05 bits per heavy atom. The third-order valence-electron chi connectivity index (χ3n) is 2.89. The van der Waals surface area contributed by atoms with E-state index >= 15 is 0 Å². The van der Waals surface area contributed by atoms with Gasteiger partial charge in [-0.25, -0.2) is 0 Å². The number of rotatable bonds is 1. The zero-order valence-electron chi connectivity index (χ0n) is 9.99. The van der Waals surface area contributed by atoms with Crippen molar-refractivity contribution in [1.29, 1.82) is 0 Å². The highest BCUT2D eigenvalue weighted by molar-refractivity contribution is 14.1. The summed E-state index contributed by atoms with van der Waals surface area (Å²) in [5.41, 5.74) is 1.27. The van der Waals surface area contributed by atoms with Gasteiger partial charge in [-0.15, -0.1) is 0 Å². The van der Waals surface area contributed by atoms with Crippen LogP contribution in [0.5, 0.6) is 0 Å². The molecule has 2 nitrogen and oxygen atoms in total. The Morgan fingerprint density at radius 3 is 2.55 bits per heavy atom. The highest BCUT2D eigenvalue weighted by Crippen LogP contribution is 2.30. The monoisotopic (exact) mass is 508 g/mol. The summed E-state index contributed by atoms with van der Waals surface area (Å²) in [5, 5.41) is 1.16. The fourth-order valence-electron chi connectivity index (χ4n) is 1.98. The first-order valence-electron chi connectivity index (χ1n) is 5.74. The standard InChI is InChI=1S/C15H7ClI2O2/c16-11-4-2-1-3-9(11)14-7-13(19)10-5-8(17)6-12(18)15(10)20-14/h1-7H. The van der Waals surface area contributed by atoms with E-state index in [0.717, 1.165) is 12.7 Å². The van der Waals surface area contributed by atoms with Crippen LogP contribution < -0.4 is 5.43 Å². The number of halogens is 3. The van der Waals surface area contributed by atoms with Crippen LogP contribution in [0.15, 0.2) is 51.7 Å². The average molecular weight is 508 g/mol. The van der Waals surface area contributed by atoms with Gasteiger partial charge in [-0.3, -0.25) is 4.79 Å². The minimum absolute atomic E-state index is 0.0578. The van der Waals surface area contributed by atoms with E-state index in [9.17, 15) is 4.79 Å². The molecule has 0 saturated carbocycles. The highest BCUT2D eigenvalue weighted by Gasteiger charge is 2.12. The molecule has 0 spiro atoms. The fourth-order valence-corrected chi connectivity index (χ4v) is 4.16. The van der Waals surface area contributed by atoms with Crippen LogP contribution in [-0.2, 0) is 0 Å². The van der Waals surface area contributed by atoms with Gasteiger partial charge in [-0.05, 0) is 69.4 Å². The minimum atomic E-state index is -0.0578. The molecule has 0 fully saturated rings. The summed E-state index contributed by atoms with van der Waals surface area (Å²) in [4.78, 5) is 12.3. The molecule has 0 unspecified atom stereocenters. The van der Waals surface area contributed by atoms with Crippen LogP contribution in [-0.4, -0.2) is 0 Å². The molecule has 5 heteroatoms. The van der Waals surface area contributed by atoms with E-state index in [-0.39, 0.29) is 5.43 Å². The van der Waals surface area contributed by atoms with Crippen LogP contribution in [0.2, 0.25) is 5.02 Å². The van der Waals surface area contributed by atoms with Crippen molar-refractivity contribution in [3.8, 4) is 11.3 Å². The Labute approximate surface area is 147 Å². The van der Waals surface area contributed by atoms with Crippen molar-refractivity contribution in [1.82, 2.24) is 0 Å². The molecule has 0 aliphatic heterocycles. The van der Waals surface area contributed by atoms with Gasteiger partial charge in [-0.2, -0.15) is 0 Å². The van der Waals surface area contributed by atoms with E-state index in [1.54, 1.807) is 6.07 Å². The van der Waals surface area contributed by atoms with E-state index in [1.165, 1.54) is 6.07 Å². The summed E-state index contributed by atoms with van der Waals surface area (Å²) in [6.07, 6.45) is 0. The molecule has 3 aromatic rings. The molecule has 0 atom stereocenters. The van der Waals surface area contributed by atoms with E-state index < -0.39 is 0 Å². The number of hydrogen-bond acceptors (Lipinski definition) is 2. The maximum atomic E-state index is 12.3. The lowest BCUT2D eigenvalue weighted by Crippen LogP contribution is -2.02. The van der Waals surface area contributed by atoms with Gasteiger partial charge in [0.15, 0.2) is 11.0 Å². The maximum Gasteiger partial charge on any atom is 0.193 e. The zero-order chi connectivity index (χ0) is 14.3. The van der Waals surface area contributed by atoms with Crippen molar-refractivity contribution in [2.24, 2.45) is 0 Å². The molecule has 0 saturated heterocycles. The Kier molecular flexibility index (Phi) is 4.05. The number of hydrogen-bond donors (Lipinski definition) is 0. The Morgan fingerprint density at radius 2 is 1.80 bits per heavy atom. The van der Waals surface area contributed by atoms with Gasteiger partial charge in [0.25, 0.3) is 0 Å². The normalized spacial score (nSPS) is 10.9. The lowest BCUT2D eigenvalue weighted by Gasteiger charge is -2.06. The lowest BCUT2D eigenvalue weighted by atomic mass is 10.1. The summed E-state index contributed by atoms with van der Waals surface area (Å²) < 4.78 is 7.82. The first-order valence-corrected chi connectivity index (χ1v) is 8.27. The van der Waals surface area contributed by atoms with Crippen molar-refractivity contribution < 1.29 is 4.42 Å². The molecule has 0 aliphatic carbocycles. The fraction of sp³-hybridized carbons (Fsp3) is 0. The second kappa shape index (κ2) is 5.65. The smallest absolute Gasteiger partial charge is 0.193 e. The molecule has 0 bridgehead atoms. The minimum Gasteiger partial charge on any atom is -0.455 e.